The van der Waals surface area contributed by atoms with Crippen LogP contribution >= 0.6 is 15.9 Å². The number of amides is 1. The number of halogens is 1. The van der Waals surface area contributed by atoms with Crippen LogP contribution in [0, 0.1) is 6.92 Å². The molecule has 0 bridgehead atoms. The molecule has 20 heavy (non-hydrogen) atoms. The third-order valence-electron chi connectivity index (χ3n) is 3.07. The van der Waals surface area contributed by atoms with Gasteiger partial charge in [0.2, 0.25) is 5.91 Å². The molecule has 0 heterocycles. The van der Waals surface area contributed by atoms with Crippen LogP contribution in [0.3, 0.4) is 0 Å². The minimum Gasteiger partial charge on any atom is -0.381 e. The Morgan fingerprint density at radius 2 is 1.80 bits per heavy atom. The standard InChI is InChI=1S/C16H17BrN2O/c1-11-14(17)7-5-9-15(11)18-10-13-6-3-4-8-16(13)19-12(2)20/h3-9,18H,10H2,1-2H3,(H,19,20). The Balaban J connectivity index is 2.15. The van der Waals surface area contributed by atoms with Crippen LogP contribution in [-0.2, 0) is 11.3 Å². The van der Waals surface area contributed by atoms with Gasteiger partial charge in [0.15, 0.2) is 0 Å². The highest BCUT2D eigenvalue weighted by Gasteiger charge is 2.05. The minimum absolute atomic E-state index is 0.0592. The molecule has 0 fully saturated rings. The predicted octanol–water partition coefficient (Wildman–Crippen LogP) is 4.33. The van der Waals surface area contributed by atoms with Crippen LogP contribution in [0.1, 0.15) is 18.1 Å². The molecular formula is C16H17BrN2O. The minimum atomic E-state index is -0.0592. The van der Waals surface area contributed by atoms with E-state index in [1.807, 2.05) is 42.5 Å². The van der Waals surface area contributed by atoms with E-state index < -0.39 is 0 Å². The monoisotopic (exact) mass is 332 g/mol. The van der Waals surface area contributed by atoms with E-state index in [0.717, 1.165) is 21.4 Å². The van der Waals surface area contributed by atoms with E-state index >= 15 is 0 Å². The van der Waals surface area contributed by atoms with Crippen LogP contribution in [0.4, 0.5) is 11.4 Å². The highest BCUT2D eigenvalue weighted by molar-refractivity contribution is 9.10. The molecule has 0 aromatic heterocycles. The maximum atomic E-state index is 11.2. The number of nitrogens with one attached hydrogen (secondary N) is 2. The van der Waals surface area contributed by atoms with Crippen molar-refractivity contribution < 1.29 is 4.79 Å². The maximum Gasteiger partial charge on any atom is 0.221 e. The largest absolute Gasteiger partial charge is 0.381 e. The van der Waals surface area contributed by atoms with Crippen molar-refractivity contribution in [3.05, 3.63) is 58.1 Å². The van der Waals surface area contributed by atoms with Gasteiger partial charge in [-0.05, 0) is 36.2 Å². The topological polar surface area (TPSA) is 41.1 Å². The Bertz CT molecular complexity index is 626. The summed E-state index contributed by atoms with van der Waals surface area (Å²) in [6.45, 7) is 4.24. The molecule has 0 aliphatic rings. The summed E-state index contributed by atoms with van der Waals surface area (Å²) in [7, 11) is 0. The van der Waals surface area contributed by atoms with E-state index in [1.165, 1.54) is 12.5 Å². The van der Waals surface area contributed by atoms with Gasteiger partial charge in [0.05, 0.1) is 0 Å². The first-order valence-electron chi connectivity index (χ1n) is 6.42. The summed E-state index contributed by atoms with van der Waals surface area (Å²) >= 11 is 3.52. The summed E-state index contributed by atoms with van der Waals surface area (Å²) < 4.78 is 1.08. The van der Waals surface area contributed by atoms with Crippen LogP contribution in [0.2, 0.25) is 0 Å². The number of benzene rings is 2. The second-order valence-electron chi connectivity index (χ2n) is 4.60. The van der Waals surface area contributed by atoms with Gasteiger partial charge in [0.25, 0.3) is 0 Å². The Morgan fingerprint density at radius 3 is 2.55 bits per heavy atom. The second-order valence-corrected chi connectivity index (χ2v) is 5.46. The van der Waals surface area contributed by atoms with Gasteiger partial charge in [-0.3, -0.25) is 4.79 Å². The molecule has 2 aromatic rings. The van der Waals surface area contributed by atoms with Crippen LogP contribution in [0.15, 0.2) is 46.9 Å². The fourth-order valence-corrected chi connectivity index (χ4v) is 2.34. The second kappa shape index (κ2) is 6.57. The fraction of sp³-hybridized carbons (Fsp3) is 0.188. The van der Waals surface area contributed by atoms with Crippen molar-refractivity contribution in [1.29, 1.82) is 0 Å². The zero-order valence-electron chi connectivity index (χ0n) is 11.5. The van der Waals surface area contributed by atoms with Gasteiger partial charge >= 0.3 is 0 Å². The molecule has 1 amide bonds. The van der Waals surface area contributed by atoms with Gasteiger partial charge in [0, 0.05) is 29.3 Å². The summed E-state index contributed by atoms with van der Waals surface area (Å²) in [5.41, 5.74) is 4.16. The Morgan fingerprint density at radius 1 is 1.10 bits per heavy atom. The van der Waals surface area contributed by atoms with Gasteiger partial charge in [0.1, 0.15) is 0 Å². The lowest BCUT2D eigenvalue weighted by molar-refractivity contribution is -0.114. The molecular weight excluding hydrogens is 316 g/mol. The number of hydrogen-bond donors (Lipinski definition) is 2. The highest BCUT2D eigenvalue weighted by Crippen LogP contribution is 2.24. The molecule has 104 valence electrons. The Kier molecular flexibility index (Phi) is 4.79. The number of hydrogen-bond acceptors (Lipinski definition) is 2. The molecule has 4 heteroatoms. The van der Waals surface area contributed by atoms with Gasteiger partial charge in [-0.1, -0.05) is 40.2 Å². The van der Waals surface area contributed by atoms with Crippen molar-refractivity contribution in [3.8, 4) is 0 Å². The predicted molar refractivity (Wildman–Crippen MR) is 87.0 cm³/mol. The quantitative estimate of drug-likeness (QED) is 0.874. The van der Waals surface area contributed by atoms with E-state index in [2.05, 4.69) is 33.5 Å². The normalized spacial score (nSPS) is 10.2. The summed E-state index contributed by atoms with van der Waals surface area (Å²) in [5, 5.41) is 6.25. The van der Waals surface area contributed by atoms with Crippen molar-refractivity contribution >= 4 is 33.2 Å². The first kappa shape index (κ1) is 14.6. The van der Waals surface area contributed by atoms with Gasteiger partial charge in [-0.15, -0.1) is 0 Å². The SMILES string of the molecule is CC(=O)Nc1ccccc1CNc1cccc(Br)c1C. The number of rotatable bonds is 4. The molecule has 0 atom stereocenters. The molecule has 0 unspecified atom stereocenters. The lowest BCUT2D eigenvalue weighted by Crippen LogP contribution is -2.10. The van der Waals surface area contributed by atoms with Crippen LogP contribution < -0.4 is 10.6 Å². The molecule has 0 aliphatic carbocycles. The number of carbonyl (C=O) groups excluding carboxylic acids is 1. The molecule has 3 nitrogen and oxygen atoms in total. The fourth-order valence-electron chi connectivity index (χ4n) is 1.98. The molecule has 0 saturated heterocycles. The molecule has 2 aromatic carbocycles. The van der Waals surface area contributed by atoms with E-state index in [9.17, 15) is 4.79 Å². The third-order valence-corrected chi connectivity index (χ3v) is 3.92. The first-order chi connectivity index (χ1) is 9.58. The van der Waals surface area contributed by atoms with E-state index in [-0.39, 0.29) is 5.91 Å². The van der Waals surface area contributed by atoms with Crippen molar-refractivity contribution in [3.63, 3.8) is 0 Å². The zero-order valence-corrected chi connectivity index (χ0v) is 13.1. The lowest BCUT2D eigenvalue weighted by Gasteiger charge is -2.13. The summed E-state index contributed by atoms with van der Waals surface area (Å²) in [6, 6.07) is 13.9. The smallest absolute Gasteiger partial charge is 0.221 e. The third kappa shape index (κ3) is 3.61. The van der Waals surface area contributed by atoms with Gasteiger partial charge in [-0.2, -0.15) is 0 Å². The molecule has 0 aliphatic heterocycles. The van der Waals surface area contributed by atoms with Crippen molar-refractivity contribution in [1.82, 2.24) is 0 Å². The summed E-state index contributed by atoms with van der Waals surface area (Å²) in [5.74, 6) is -0.0592. The molecule has 2 N–H and O–H groups in total. The number of para-hydroxylation sites is 1. The van der Waals surface area contributed by atoms with Crippen molar-refractivity contribution in [2.75, 3.05) is 10.6 Å². The van der Waals surface area contributed by atoms with Crippen molar-refractivity contribution in [2.45, 2.75) is 20.4 Å². The van der Waals surface area contributed by atoms with Crippen LogP contribution in [0.25, 0.3) is 0 Å². The van der Waals surface area contributed by atoms with Crippen LogP contribution in [0.5, 0.6) is 0 Å². The summed E-state index contributed by atoms with van der Waals surface area (Å²) in [6.07, 6.45) is 0. The average Bonchev–Trinajstić information content (AvgIpc) is 2.41. The maximum absolute atomic E-state index is 11.2. The molecule has 0 spiro atoms. The zero-order chi connectivity index (χ0) is 14.5. The number of anilines is 2. The van der Waals surface area contributed by atoms with E-state index in [0.29, 0.717) is 6.54 Å². The van der Waals surface area contributed by atoms with Crippen molar-refractivity contribution in [2.24, 2.45) is 0 Å². The molecule has 0 saturated carbocycles. The van der Waals surface area contributed by atoms with Crippen LogP contribution in [-0.4, -0.2) is 5.91 Å². The van der Waals surface area contributed by atoms with Gasteiger partial charge in [-0.25, -0.2) is 0 Å². The van der Waals surface area contributed by atoms with Gasteiger partial charge < -0.3 is 10.6 Å². The van der Waals surface area contributed by atoms with E-state index in [1.54, 1.807) is 0 Å². The number of carbonyl (C=O) groups is 1. The lowest BCUT2D eigenvalue weighted by atomic mass is 10.1. The van der Waals surface area contributed by atoms with E-state index in [4.69, 9.17) is 0 Å². The highest BCUT2D eigenvalue weighted by atomic mass is 79.9. The Hall–Kier alpha value is -1.81. The average molecular weight is 333 g/mol. The molecule has 0 radical (unpaired) electrons. The Labute approximate surface area is 127 Å². The molecule has 2 rings (SSSR count). The summed E-state index contributed by atoms with van der Waals surface area (Å²) in [4.78, 5) is 11.2. The first-order valence-corrected chi connectivity index (χ1v) is 7.21.